The summed E-state index contributed by atoms with van der Waals surface area (Å²) in [6.07, 6.45) is 10.3. The third kappa shape index (κ3) is 4.39. The van der Waals surface area contributed by atoms with Crippen LogP contribution in [0, 0.1) is 24.7 Å². The molecule has 2 aromatic rings. The second-order valence-electron chi connectivity index (χ2n) is 2.60. The third-order valence-corrected chi connectivity index (χ3v) is 1.68. The van der Waals surface area contributed by atoms with Gasteiger partial charge in [0.2, 0.25) is 0 Å². The van der Waals surface area contributed by atoms with Crippen LogP contribution in [0.15, 0.2) is 48.5 Å². The van der Waals surface area contributed by atoms with Crippen LogP contribution in [-0.2, 0) is 17.1 Å². The molecule has 0 aromatic heterocycles. The van der Waals surface area contributed by atoms with Crippen molar-refractivity contribution in [1.82, 2.24) is 0 Å². The molecular formula is C14H10Fe. The standard InChI is InChI=1S/C9H5.C5H5.Fe/c1-3-8-6-5-7-9(8)4-2;1-2-4-5-3-1;/h1-2,5-7H;1-5H;/q2*-1;+2. The van der Waals surface area contributed by atoms with Crippen LogP contribution in [0.25, 0.3) is 0 Å². The summed E-state index contributed by atoms with van der Waals surface area (Å²) in [6.45, 7) is 0. The summed E-state index contributed by atoms with van der Waals surface area (Å²) in [7, 11) is 0. The van der Waals surface area contributed by atoms with Crippen LogP contribution < -0.4 is 0 Å². The van der Waals surface area contributed by atoms with E-state index in [2.05, 4.69) is 11.8 Å². The van der Waals surface area contributed by atoms with Crippen molar-refractivity contribution in [3.8, 4) is 24.7 Å². The van der Waals surface area contributed by atoms with Gasteiger partial charge in [-0.3, -0.25) is 0 Å². The molecule has 15 heavy (non-hydrogen) atoms. The summed E-state index contributed by atoms with van der Waals surface area (Å²) in [5.74, 6) is 4.97. The van der Waals surface area contributed by atoms with Crippen LogP contribution in [0.3, 0.4) is 0 Å². The number of hydrogen-bond donors (Lipinski definition) is 0. The first kappa shape index (κ1) is 13.3. The molecule has 0 saturated carbocycles. The second-order valence-corrected chi connectivity index (χ2v) is 2.60. The number of terminal acetylenes is 2. The van der Waals surface area contributed by atoms with E-state index in [9.17, 15) is 0 Å². The van der Waals surface area contributed by atoms with Crippen molar-refractivity contribution in [3.05, 3.63) is 59.7 Å². The van der Waals surface area contributed by atoms with Gasteiger partial charge >= 0.3 is 17.1 Å². The molecule has 1 heteroatoms. The average molecular weight is 234 g/mol. The quantitative estimate of drug-likeness (QED) is 0.373. The van der Waals surface area contributed by atoms with E-state index in [0.29, 0.717) is 0 Å². The maximum Gasteiger partial charge on any atom is 2.00 e. The molecule has 0 unspecified atom stereocenters. The van der Waals surface area contributed by atoms with Gasteiger partial charge in [-0.15, -0.1) is 12.1 Å². The molecule has 74 valence electrons. The van der Waals surface area contributed by atoms with E-state index in [4.69, 9.17) is 12.8 Å². The zero-order valence-corrected chi connectivity index (χ0v) is 9.23. The Hall–Kier alpha value is -1.66. The topological polar surface area (TPSA) is 0 Å². The summed E-state index contributed by atoms with van der Waals surface area (Å²) < 4.78 is 0. The van der Waals surface area contributed by atoms with Crippen molar-refractivity contribution in [2.24, 2.45) is 0 Å². The normalized spacial score (nSPS) is 7.33. The average Bonchev–Trinajstić information content (AvgIpc) is 2.91. The van der Waals surface area contributed by atoms with Crippen molar-refractivity contribution in [3.63, 3.8) is 0 Å². The SMILES string of the molecule is C#Cc1ccc[c-]1C#C.[Fe+2].c1cc[cH-]c1. The van der Waals surface area contributed by atoms with Crippen LogP contribution in [-0.4, -0.2) is 0 Å². The fraction of sp³-hybridized carbons (Fsp3) is 0. The van der Waals surface area contributed by atoms with Gasteiger partial charge in [0.1, 0.15) is 0 Å². The molecule has 2 aromatic carbocycles. The van der Waals surface area contributed by atoms with Crippen molar-refractivity contribution in [1.29, 1.82) is 0 Å². The Balaban J connectivity index is 0.000000280. The first-order chi connectivity index (χ1) is 6.88. The molecule has 2 rings (SSSR count). The van der Waals surface area contributed by atoms with Gasteiger partial charge in [0.25, 0.3) is 0 Å². The molecule has 0 bridgehead atoms. The Morgan fingerprint density at radius 1 is 1.13 bits per heavy atom. The predicted molar refractivity (Wildman–Crippen MR) is 59.9 cm³/mol. The fourth-order valence-electron chi connectivity index (χ4n) is 0.993. The molecule has 0 aliphatic heterocycles. The third-order valence-electron chi connectivity index (χ3n) is 1.68. The van der Waals surface area contributed by atoms with Gasteiger partial charge < -0.3 is 0 Å². The van der Waals surface area contributed by atoms with Crippen molar-refractivity contribution in [2.45, 2.75) is 0 Å². The van der Waals surface area contributed by atoms with Crippen LogP contribution in [0.4, 0.5) is 0 Å². The van der Waals surface area contributed by atoms with Gasteiger partial charge in [0, 0.05) is 0 Å². The van der Waals surface area contributed by atoms with Gasteiger partial charge in [-0.2, -0.15) is 42.5 Å². The minimum Gasteiger partial charge on any atom is -0.214 e. The Bertz CT molecular complexity index is 387. The maximum atomic E-state index is 5.13. The van der Waals surface area contributed by atoms with E-state index >= 15 is 0 Å². The molecule has 0 fully saturated rings. The molecule has 0 aliphatic rings. The van der Waals surface area contributed by atoms with E-state index in [1.165, 1.54) is 0 Å². The van der Waals surface area contributed by atoms with E-state index in [-0.39, 0.29) is 17.1 Å². The Morgan fingerprint density at radius 3 is 2.13 bits per heavy atom. The zero-order chi connectivity index (χ0) is 10.2. The fourth-order valence-corrected chi connectivity index (χ4v) is 0.993. The number of hydrogen-bond acceptors (Lipinski definition) is 0. The largest absolute Gasteiger partial charge is 2.00 e. The van der Waals surface area contributed by atoms with Crippen molar-refractivity contribution < 1.29 is 17.1 Å². The Morgan fingerprint density at radius 2 is 1.80 bits per heavy atom. The molecular weight excluding hydrogens is 224 g/mol. The van der Waals surface area contributed by atoms with Gasteiger partial charge in [-0.25, -0.2) is 18.6 Å². The van der Waals surface area contributed by atoms with Gasteiger partial charge in [-0.1, -0.05) is 5.56 Å². The predicted octanol–water partition coefficient (Wildman–Crippen LogP) is 2.77. The Labute approximate surface area is 102 Å². The first-order valence-electron chi connectivity index (χ1n) is 4.24. The molecule has 0 amide bonds. The van der Waals surface area contributed by atoms with E-state index in [0.717, 1.165) is 11.1 Å². The van der Waals surface area contributed by atoms with Crippen LogP contribution in [0.2, 0.25) is 0 Å². The van der Waals surface area contributed by atoms with E-state index < -0.39 is 0 Å². The smallest absolute Gasteiger partial charge is 0.214 e. The maximum absolute atomic E-state index is 5.13. The zero-order valence-electron chi connectivity index (χ0n) is 8.13. The molecule has 0 heterocycles. The number of rotatable bonds is 0. The summed E-state index contributed by atoms with van der Waals surface area (Å²) >= 11 is 0. The molecule has 0 atom stereocenters. The first-order valence-corrected chi connectivity index (χ1v) is 4.24. The summed E-state index contributed by atoms with van der Waals surface area (Å²) in [4.78, 5) is 0. The van der Waals surface area contributed by atoms with Crippen LogP contribution in [0.5, 0.6) is 0 Å². The van der Waals surface area contributed by atoms with Crippen molar-refractivity contribution in [2.75, 3.05) is 0 Å². The summed E-state index contributed by atoms with van der Waals surface area (Å²) in [5.41, 5.74) is 1.61. The minimum absolute atomic E-state index is 0. The molecule has 0 radical (unpaired) electrons. The van der Waals surface area contributed by atoms with Crippen LogP contribution in [0.1, 0.15) is 11.1 Å². The van der Waals surface area contributed by atoms with Crippen LogP contribution >= 0.6 is 0 Å². The summed E-state index contributed by atoms with van der Waals surface area (Å²) in [6, 6.07) is 15.5. The van der Waals surface area contributed by atoms with E-state index in [1.54, 1.807) is 0 Å². The summed E-state index contributed by atoms with van der Waals surface area (Å²) in [5, 5.41) is 0. The molecule has 0 spiro atoms. The monoisotopic (exact) mass is 234 g/mol. The minimum atomic E-state index is 0. The van der Waals surface area contributed by atoms with Gasteiger partial charge in [0.15, 0.2) is 0 Å². The van der Waals surface area contributed by atoms with Gasteiger partial charge in [0.05, 0.1) is 0 Å². The molecule has 0 N–H and O–H groups in total. The molecule has 0 saturated heterocycles. The van der Waals surface area contributed by atoms with Gasteiger partial charge in [-0.05, 0) is 5.56 Å². The second kappa shape index (κ2) is 7.72. The molecule has 0 nitrogen and oxygen atoms in total. The van der Waals surface area contributed by atoms with Crippen molar-refractivity contribution >= 4 is 0 Å². The Kier molecular flexibility index (Phi) is 6.86. The van der Waals surface area contributed by atoms with E-state index in [1.807, 2.05) is 48.5 Å². The molecule has 0 aliphatic carbocycles.